The molecule has 0 fully saturated rings. The Morgan fingerprint density at radius 1 is 1.09 bits per heavy atom. The van der Waals surface area contributed by atoms with Crippen molar-refractivity contribution in [2.45, 2.75) is 18.8 Å². The van der Waals surface area contributed by atoms with Crippen LogP contribution in [0.4, 0.5) is 5.69 Å². The summed E-state index contributed by atoms with van der Waals surface area (Å²) in [7, 11) is 0. The van der Waals surface area contributed by atoms with Gasteiger partial charge in [0.25, 0.3) is 0 Å². The van der Waals surface area contributed by atoms with Gasteiger partial charge in [-0.2, -0.15) is 11.3 Å². The van der Waals surface area contributed by atoms with Crippen LogP contribution in [0.15, 0.2) is 47.2 Å². The van der Waals surface area contributed by atoms with Gasteiger partial charge in [0.05, 0.1) is 0 Å². The van der Waals surface area contributed by atoms with Gasteiger partial charge in [-0.05, 0) is 53.3 Å². The quantitative estimate of drug-likeness (QED) is 0.681. The van der Waals surface area contributed by atoms with Gasteiger partial charge in [0, 0.05) is 18.8 Å². The lowest BCUT2D eigenvalue weighted by atomic mass is 9.95. The Balaban J connectivity index is 1.78. The minimum Gasteiger partial charge on any atom is -0.396 e. The van der Waals surface area contributed by atoms with Gasteiger partial charge in [0.1, 0.15) is 0 Å². The molecule has 2 rings (SSSR count). The number of hydrogen-bond acceptors (Lipinski definition) is 4. The number of carbonyl (C=O) groups excluding carboxylic acids is 2. The minimum atomic E-state index is -0.676. The third-order valence-electron chi connectivity index (χ3n) is 3.51. The standard InChI is InChI=1S/C17H20N2O3S/c20-10-7-13(14-8-11-23-12-14)6-9-18-16(21)17(22)19-15-4-2-1-3-5-15/h1-5,8,11-13,20H,6-7,9-10H2,(H,18,21)(H,19,22). The van der Waals surface area contributed by atoms with Crippen molar-refractivity contribution in [2.24, 2.45) is 0 Å². The average molecular weight is 332 g/mol. The lowest BCUT2D eigenvalue weighted by Gasteiger charge is -2.15. The van der Waals surface area contributed by atoms with E-state index in [0.717, 1.165) is 5.56 Å². The van der Waals surface area contributed by atoms with Crippen molar-refractivity contribution in [2.75, 3.05) is 18.5 Å². The van der Waals surface area contributed by atoms with E-state index in [-0.39, 0.29) is 12.5 Å². The molecule has 1 unspecified atom stereocenters. The topological polar surface area (TPSA) is 78.4 Å². The zero-order chi connectivity index (χ0) is 16.5. The fourth-order valence-corrected chi connectivity index (χ4v) is 3.03. The highest BCUT2D eigenvalue weighted by Gasteiger charge is 2.15. The molecule has 1 heterocycles. The van der Waals surface area contributed by atoms with Crippen molar-refractivity contribution in [3.05, 3.63) is 52.7 Å². The van der Waals surface area contributed by atoms with Crippen LogP contribution in [0.5, 0.6) is 0 Å². The van der Waals surface area contributed by atoms with Gasteiger partial charge in [0.15, 0.2) is 0 Å². The molecular weight excluding hydrogens is 312 g/mol. The Kier molecular flexibility index (Phi) is 6.77. The van der Waals surface area contributed by atoms with Crippen LogP contribution in [0.2, 0.25) is 0 Å². The molecule has 1 atom stereocenters. The fourth-order valence-electron chi connectivity index (χ4n) is 2.29. The van der Waals surface area contributed by atoms with Crippen molar-refractivity contribution in [1.82, 2.24) is 5.32 Å². The molecule has 0 aliphatic rings. The second-order valence-corrected chi connectivity index (χ2v) is 5.91. The van der Waals surface area contributed by atoms with Crippen molar-refractivity contribution in [1.29, 1.82) is 0 Å². The molecule has 23 heavy (non-hydrogen) atoms. The van der Waals surface area contributed by atoms with Gasteiger partial charge in [-0.15, -0.1) is 0 Å². The molecule has 0 bridgehead atoms. The Bertz CT molecular complexity index is 614. The van der Waals surface area contributed by atoms with Crippen LogP contribution in [0.25, 0.3) is 0 Å². The number of nitrogens with one attached hydrogen (secondary N) is 2. The predicted molar refractivity (Wildman–Crippen MR) is 91.5 cm³/mol. The van der Waals surface area contributed by atoms with Crippen molar-refractivity contribution < 1.29 is 14.7 Å². The Morgan fingerprint density at radius 2 is 1.87 bits per heavy atom. The first kappa shape index (κ1) is 17.2. The van der Waals surface area contributed by atoms with E-state index < -0.39 is 11.8 Å². The maximum Gasteiger partial charge on any atom is 0.313 e. The molecule has 1 aromatic carbocycles. The Labute approximate surface area is 139 Å². The highest BCUT2D eigenvalue weighted by molar-refractivity contribution is 7.07. The number of anilines is 1. The van der Waals surface area contributed by atoms with E-state index in [2.05, 4.69) is 10.6 Å². The number of thiophene rings is 1. The molecule has 1 aromatic heterocycles. The number of para-hydroxylation sites is 1. The molecule has 0 aliphatic carbocycles. The summed E-state index contributed by atoms with van der Waals surface area (Å²) < 4.78 is 0. The van der Waals surface area contributed by atoms with Crippen molar-refractivity contribution in [3.63, 3.8) is 0 Å². The van der Waals surface area contributed by atoms with Crippen LogP contribution < -0.4 is 10.6 Å². The smallest absolute Gasteiger partial charge is 0.313 e. The number of carbonyl (C=O) groups is 2. The normalized spacial score (nSPS) is 11.7. The molecule has 2 amide bonds. The largest absolute Gasteiger partial charge is 0.396 e. The second kappa shape index (κ2) is 9.07. The molecule has 2 aromatic rings. The van der Waals surface area contributed by atoms with Crippen LogP contribution >= 0.6 is 11.3 Å². The summed E-state index contributed by atoms with van der Waals surface area (Å²) in [5, 5.41) is 18.4. The first-order chi connectivity index (χ1) is 11.2. The van der Waals surface area contributed by atoms with Crippen LogP contribution in [0, 0.1) is 0 Å². The first-order valence-corrected chi connectivity index (χ1v) is 8.42. The molecule has 0 radical (unpaired) electrons. The average Bonchev–Trinajstić information content (AvgIpc) is 3.09. The highest BCUT2D eigenvalue weighted by atomic mass is 32.1. The van der Waals surface area contributed by atoms with Crippen LogP contribution in [0.3, 0.4) is 0 Å². The highest BCUT2D eigenvalue weighted by Crippen LogP contribution is 2.24. The van der Waals surface area contributed by atoms with Gasteiger partial charge in [-0.3, -0.25) is 9.59 Å². The molecule has 122 valence electrons. The van der Waals surface area contributed by atoms with E-state index in [4.69, 9.17) is 5.11 Å². The number of aliphatic hydroxyl groups is 1. The summed E-state index contributed by atoms with van der Waals surface area (Å²) >= 11 is 1.61. The lowest BCUT2D eigenvalue weighted by molar-refractivity contribution is -0.136. The van der Waals surface area contributed by atoms with E-state index in [0.29, 0.717) is 25.1 Å². The molecular formula is C17H20N2O3S. The lowest BCUT2D eigenvalue weighted by Crippen LogP contribution is -2.36. The van der Waals surface area contributed by atoms with Gasteiger partial charge in [0.2, 0.25) is 0 Å². The molecule has 0 saturated carbocycles. The molecule has 0 spiro atoms. The zero-order valence-electron chi connectivity index (χ0n) is 12.7. The molecule has 0 aliphatic heterocycles. The summed E-state index contributed by atoms with van der Waals surface area (Å²) in [6.45, 7) is 0.491. The number of aliphatic hydroxyl groups excluding tert-OH is 1. The second-order valence-electron chi connectivity index (χ2n) is 5.13. The van der Waals surface area contributed by atoms with Gasteiger partial charge < -0.3 is 15.7 Å². The van der Waals surface area contributed by atoms with Crippen molar-refractivity contribution in [3.8, 4) is 0 Å². The number of hydrogen-bond donors (Lipinski definition) is 3. The van der Waals surface area contributed by atoms with E-state index in [1.807, 2.05) is 22.9 Å². The maximum atomic E-state index is 11.8. The van der Waals surface area contributed by atoms with Crippen LogP contribution in [-0.2, 0) is 9.59 Å². The molecule has 3 N–H and O–H groups in total. The van der Waals surface area contributed by atoms with E-state index in [1.54, 1.807) is 35.6 Å². The number of rotatable bonds is 7. The zero-order valence-corrected chi connectivity index (χ0v) is 13.5. The maximum absolute atomic E-state index is 11.8. The minimum absolute atomic E-state index is 0.100. The monoisotopic (exact) mass is 332 g/mol. The van der Waals surface area contributed by atoms with Crippen LogP contribution in [-0.4, -0.2) is 30.1 Å². The van der Waals surface area contributed by atoms with E-state index in [1.165, 1.54) is 0 Å². The van der Waals surface area contributed by atoms with Gasteiger partial charge in [-0.1, -0.05) is 18.2 Å². The van der Waals surface area contributed by atoms with Gasteiger partial charge in [-0.25, -0.2) is 0 Å². The van der Waals surface area contributed by atoms with Crippen LogP contribution in [0.1, 0.15) is 24.3 Å². The summed E-state index contributed by atoms with van der Waals surface area (Å²) in [5.41, 5.74) is 1.75. The summed E-state index contributed by atoms with van der Waals surface area (Å²) in [6.07, 6.45) is 1.32. The third-order valence-corrected chi connectivity index (χ3v) is 4.21. The summed E-state index contributed by atoms with van der Waals surface area (Å²) in [6, 6.07) is 10.9. The molecule has 5 nitrogen and oxygen atoms in total. The summed E-state index contributed by atoms with van der Waals surface area (Å²) in [5.74, 6) is -1.14. The predicted octanol–water partition coefficient (Wildman–Crippen LogP) is 2.36. The molecule has 0 saturated heterocycles. The molecule has 6 heteroatoms. The van der Waals surface area contributed by atoms with E-state index in [9.17, 15) is 9.59 Å². The van der Waals surface area contributed by atoms with Crippen molar-refractivity contribution >= 4 is 28.8 Å². The number of amides is 2. The number of benzene rings is 1. The Hall–Kier alpha value is -2.18. The van der Waals surface area contributed by atoms with E-state index >= 15 is 0 Å². The van der Waals surface area contributed by atoms with Gasteiger partial charge >= 0.3 is 11.8 Å². The summed E-state index contributed by atoms with van der Waals surface area (Å²) in [4.78, 5) is 23.6. The Morgan fingerprint density at radius 3 is 2.52 bits per heavy atom. The third kappa shape index (κ3) is 5.50. The first-order valence-electron chi connectivity index (χ1n) is 7.48. The SMILES string of the molecule is O=C(NCCC(CCO)c1ccsc1)C(=O)Nc1ccccc1. The fraction of sp³-hybridized carbons (Fsp3) is 0.294.